The average molecular weight is 209 g/mol. The molecule has 1 aliphatic heterocycles. The second-order valence-corrected chi connectivity index (χ2v) is 3.73. The van der Waals surface area contributed by atoms with E-state index >= 15 is 0 Å². The molecule has 0 aliphatic carbocycles. The molecule has 0 spiro atoms. The van der Waals surface area contributed by atoms with Crippen molar-refractivity contribution in [3.63, 3.8) is 0 Å². The zero-order chi connectivity index (χ0) is 10.7. The highest BCUT2D eigenvalue weighted by molar-refractivity contribution is 5.21. The van der Waals surface area contributed by atoms with E-state index in [4.69, 9.17) is 10.5 Å². The smallest absolute Gasteiger partial charge is 0.264 e. The van der Waals surface area contributed by atoms with Gasteiger partial charge < -0.3 is 10.5 Å². The van der Waals surface area contributed by atoms with Crippen LogP contribution >= 0.6 is 0 Å². The Balaban J connectivity index is 2.29. The fourth-order valence-electron chi connectivity index (χ4n) is 1.94. The second-order valence-electron chi connectivity index (χ2n) is 3.73. The van der Waals surface area contributed by atoms with Gasteiger partial charge >= 0.3 is 0 Å². The molecule has 0 amide bonds. The molecular weight excluding hydrogens is 194 g/mol. The van der Waals surface area contributed by atoms with Gasteiger partial charge in [0.15, 0.2) is 0 Å². The lowest BCUT2D eigenvalue weighted by atomic mass is 9.93. The van der Waals surface area contributed by atoms with Crippen LogP contribution < -0.4 is 11.3 Å². The van der Waals surface area contributed by atoms with E-state index in [0.29, 0.717) is 12.5 Å². The maximum Gasteiger partial charge on any atom is 0.264 e. The molecule has 1 aromatic rings. The minimum atomic E-state index is -0.189. The maximum atomic E-state index is 11.1. The van der Waals surface area contributed by atoms with Gasteiger partial charge in [-0.2, -0.15) is 5.10 Å². The van der Waals surface area contributed by atoms with E-state index < -0.39 is 0 Å². The molecule has 0 radical (unpaired) electrons. The fourth-order valence-corrected chi connectivity index (χ4v) is 1.94. The van der Waals surface area contributed by atoms with Crippen LogP contribution in [0.4, 0.5) is 0 Å². The summed E-state index contributed by atoms with van der Waals surface area (Å²) < 4.78 is 5.29. The summed E-state index contributed by atoms with van der Waals surface area (Å²) in [4.78, 5) is 11.1. The van der Waals surface area contributed by atoms with Gasteiger partial charge in [-0.1, -0.05) is 0 Å². The molecule has 5 nitrogen and oxygen atoms in total. The third-order valence-corrected chi connectivity index (χ3v) is 2.75. The van der Waals surface area contributed by atoms with Crippen LogP contribution in [0.5, 0.6) is 0 Å². The predicted octanol–water partition coefficient (Wildman–Crippen LogP) is 0.123. The Morgan fingerprint density at radius 2 is 2.27 bits per heavy atom. The van der Waals surface area contributed by atoms with Crippen molar-refractivity contribution in [1.29, 1.82) is 0 Å². The second kappa shape index (κ2) is 4.55. The molecule has 5 heteroatoms. The fraction of sp³-hybridized carbons (Fsp3) is 0.600. The molecular formula is C10H15N3O2. The first-order valence-corrected chi connectivity index (χ1v) is 5.17. The molecule has 0 aromatic carbocycles. The number of H-pyrrole nitrogens is 1. The molecule has 82 valence electrons. The van der Waals surface area contributed by atoms with Gasteiger partial charge in [0, 0.05) is 31.7 Å². The van der Waals surface area contributed by atoms with E-state index in [-0.39, 0.29) is 5.56 Å². The first-order chi connectivity index (χ1) is 7.31. The van der Waals surface area contributed by atoms with Crippen LogP contribution in [-0.4, -0.2) is 23.4 Å². The van der Waals surface area contributed by atoms with Crippen molar-refractivity contribution >= 4 is 0 Å². The third kappa shape index (κ3) is 2.24. The van der Waals surface area contributed by atoms with Crippen molar-refractivity contribution in [2.75, 3.05) is 13.2 Å². The predicted molar refractivity (Wildman–Crippen MR) is 55.5 cm³/mol. The van der Waals surface area contributed by atoms with Gasteiger partial charge in [-0.3, -0.25) is 4.79 Å². The number of aromatic nitrogens is 2. The number of nitrogens with one attached hydrogen (secondary N) is 1. The van der Waals surface area contributed by atoms with Crippen molar-refractivity contribution in [3.8, 4) is 0 Å². The normalized spacial score (nSPS) is 17.9. The minimum absolute atomic E-state index is 0.189. The van der Waals surface area contributed by atoms with Gasteiger partial charge in [-0.05, 0) is 18.4 Å². The summed E-state index contributed by atoms with van der Waals surface area (Å²) in [5.41, 5.74) is 7.20. The van der Waals surface area contributed by atoms with E-state index in [0.717, 1.165) is 37.3 Å². The van der Waals surface area contributed by atoms with Crippen LogP contribution in [0.15, 0.2) is 10.9 Å². The van der Waals surface area contributed by atoms with Crippen LogP contribution in [0.1, 0.15) is 30.0 Å². The van der Waals surface area contributed by atoms with Crippen LogP contribution in [0, 0.1) is 0 Å². The summed E-state index contributed by atoms with van der Waals surface area (Å²) in [6.45, 7) is 1.88. The highest BCUT2D eigenvalue weighted by atomic mass is 16.5. The van der Waals surface area contributed by atoms with Gasteiger partial charge in [-0.25, -0.2) is 5.10 Å². The Hall–Kier alpha value is -1.20. The summed E-state index contributed by atoms with van der Waals surface area (Å²) in [7, 11) is 0. The van der Waals surface area contributed by atoms with Crippen molar-refractivity contribution in [3.05, 3.63) is 27.7 Å². The molecule has 3 N–H and O–H groups in total. The summed E-state index contributed by atoms with van der Waals surface area (Å²) in [6.07, 6.45) is 1.90. The molecule has 1 fully saturated rings. The largest absolute Gasteiger partial charge is 0.381 e. The van der Waals surface area contributed by atoms with Gasteiger partial charge in [0.1, 0.15) is 0 Å². The van der Waals surface area contributed by atoms with E-state index in [2.05, 4.69) is 10.2 Å². The van der Waals surface area contributed by atoms with Crippen molar-refractivity contribution in [1.82, 2.24) is 10.2 Å². The molecule has 1 saturated heterocycles. The van der Waals surface area contributed by atoms with Gasteiger partial charge in [-0.15, -0.1) is 0 Å². The Morgan fingerprint density at radius 1 is 1.53 bits per heavy atom. The van der Waals surface area contributed by atoms with Crippen LogP contribution in [0.25, 0.3) is 0 Å². The molecule has 1 aromatic heterocycles. The van der Waals surface area contributed by atoms with E-state index in [1.54, 1.807) is 0 Å². The lowest BCUT2D eigenvalue weighted by molar-refractivity contribution is 0.0841. The van der Waals surface area contributed by atoms with Crippen LogP contribution in [-0.2, 0) is 11.3 Å². The third-order valence-electron chi connectivity index (χ3n) is 2.75. The number of rotatable bonds is 2. The number of hydrogen-bond donors (Lipinski definition) is 2. The lowest BCUT2D eigenvalue weighted by Gasteiger charge is -2.22. The quantitative estimate of drug-likeness (QED) is 0.725. The number of nitrogens with two attached hydrogens (primary N) is 1. The SMILES string of the molecule is NCc1cc(=O)[nH]nc1C1CCOCC1. The van der Waals surface area contributed by atoms with Crippen molar-refractivity contribution < 1.29 is 4.74 Å². The summed E-state index contributed by atoms with van der Waals surface area (Å²) in [5, 5.41) is 6.57. The summed E-state index contributed by atoms with van der Waals surface area (Å²) in [5.74, 6) is 0.370. The lowest BCUT2D eigenvalue weighted by Crippen LogP contribution is -2.21. The van der Waals surface area contributed by atoms with E-state index in [1.807, 2.05) is 0 Å². The average Bonchev–Trinajstić information content (AvgIpc) is 2.30. The molecule has 0 saturated carbocycles. The Labute approximate surface area is 87.6 Å². The molecule has 0 unspecified atom stereocenters. The summed E-state index contributed by atoms with van der Waals surface area (Å²) in [6, 6.07) is 1.54. The topological polar surface area (TPSA) is 81.0 Å². The number of aromatic amines is 1. The van der Waals surface area contributed by atoms with E-state index in [1.165, 1.54) is 6.07 Å². The number of nitrogens with zero attached hydrogens (tertiary/aromatic N) is 1. The highest BCUT2D eigenvalue weighted by Gasteiger charge is 2.20. The Bertz CT molecular complexity index is 382. The van der Waals surface area contributed by atoms with Gasteiger partial charge in [0.05, 0.1) is 5.69 Å². The number of hydrogen-bond acceptors (Lipinski definition) is 4. The van der Waals surface area contributed by atoms with E-state index in [9.17, 15) is 4.79 Å². The highest BCUT2D eigenvalue weighted by Crippen LogP contribution is 2.26. The molecule has 0 bridgehead atoms. The minimum Gasteiger partial charge on any atom is -0.381 e. The number of ether oxygens (including phenoxy) is 1. The Morgan fingerprint density at radius 3 is 2.93 bits per heavy atom. The van der Waals surface area contributed by atoms with Crippen LogP contribution in [0.2, 0.25) is 0 Å². The monoisotopic (exact) mass is 209 g/mol. The van der Waals surface area contributed by atoms with Gasteiger partial charge in [0.25, 0.3) is 5.56 Å². The molecule has 1 aliphatic rings. The zero-order valence-corrected chi connectivity index (χ0v) is 8.53. The first kappa shape index (κ1) is 10.3. The Kier molecular flexibility index (Phi) is 3.13. The van der Waals surface area contributed by atoms with Crippen molar-refractivity contribution in [2.45, 2.75) is 25.3 Å². The molecule has 0 atom stereocenters. The zero-order valence-electron chi connectivity index (χ0n) is 8.53. The maximum absolute atomic E-state index is 11.1. The molecule has 2 heterocycles. The first-order valence-electron chi connectivity index (χ1n) is 5.17. The molecule has 15 heavy (non-hydrogen) atoms. The van der Waals surface area contributed by atoms with Gasteiger partial charge in [0.2, 0.25) is 0 Å². The van der Waals surface area contributed by atoms with Crippen molar-refractivity contribution in [2.24, 2.45) is 5.73 Å². The summed E-state index contributed by atoms with van der Waals surface area (Å²) >= 11 is 0. The molecule has 2 rings (SSSR count). The van der Waals surface area contributed by atoms with Crippen LogP contribution in [0.3, 0.4) is 0 Å². The standard InChI is InChI=1S/C10H15N3O2/c11-6-8-5-9(14)12-13-10(8)7-1-3-15-4-2-7/h5,7H,1-4,6,11H2,(H,12,14).